The number of amides is 5. The van der Waals surface area contributed by atoms with Crippen molar-refractivity contribution in [3.63, 3.8) is 0 Å². The lowest BCUT2D eigenvalue weighted by Crippen LogP contribution is -2.63. The first-order valence-electron chi connectivity index (χ1n) is 17.8. The van der Waals surface area contributed by atoms with E-state index in [-0.39, 0.29) is 34.8 Å². The monoisotopic (exact) mass is 679 g/mol. The summed E-state index contributed by atoms with van der Waals surface area (Å²) in [5.74, 6) is -2.49. The van der Waals surface area contributed by atoms with Gasteiger partial charge in [0.25, 0.3) is 5.91 Å². The fraction of sp³-hybridized carbons (Fsp3) is 0.853. The van der Waals surface area contributed by atoms with Crippen LogP contribution in [0, 0.1) is 23.2 Å². The Hall–Kier alpha value is -2.70. The second-order valence-electron chi connectivity index (χ2n) is 15.2. The zero-order chi connectivity index (χ0) is 34.6. The number of nitrogens with zero attached hydrogens (tertiary/aromatic N) is 1. The Balaban J connectivity index is 1.56. The van der Waals surface area contributed by atoms with E-state index in [0.29, 0.717) is 45.2 Å². The summed E-state index contributed by atoms with van der Waals surface area (Å²) in [6.45, 7) is 8.64. The number of piperidine rings is 1. The maximum atomic E-state index is 14.5. The normalized spacial score (nSPS) is 26.3. The third-order valence-corrected chi connectivity index (χ3v) is 12.2. The van der Waals surface area contributed by atoms with Crippen LogP contribution in [0.5, 0.6) is 0 Å². The van der Waals surface area contributed by atoms with Gasteiger partial charge in [0.2, 0.25) is 17.6 Å². The van der Waals surface area contributed by atoms with Crippen LogP contribution in [-0.2, 0) is 29.0 Å². The Morgan fingerprint density at radius 1 is 0.894 bits per heavy atom. The molecule has 13 heteroatoms. The van der Waals surface area contributed by atoms with Crippen LogP contribution in [0.1, 0.15) is 111 Å². The first-order chi connectivity index (χ1) is 22.1. The van der Waals surface area contributed by atoms with Crippen molar-refractivity contribution in [2.24, 2.45) is 23.2 Å². The number of hydrogen-bond acceptors (Lipinski definition) is 7. The molecule has 4 fully saturated rings. The third kappa shape index (κ3) is 8.86. The van der Waals surface area contributed by atoms with Crippen LogP contribution in [0.25, 0.3) is 0 Å². The molecule has 4 rings (SSSR count). The Labute approximate surface area is 280 Å². The first kappa shape index (κ1) is 37.1. The molecule has 4 N–H and O–H groups in total. The molecule has 1 saturated heterocycles. The molecule has 0 bridgehead atoms. The van der Waals surface area contributed by atoms with Crippen LogP contribution in [0.3, 0.4) is 0 Å². The molecule has 3 unspecified atom stereocenters. The lowest BCUT2D eigenvalue weighted by atomic mass is 9.82. The van der Waals surface area contributed by atoms with Gasteiger partial charge in [0.15, 0.2) is 0 Å². The van der Waals surface area contributed by atoms with Gasteiger partial charge in [-0.3, -0.25) is 19.2 Å². The third-order valence-electron chi connectivity index (χ3n) is 11.1. The molecule has 0 aromatic heterocycles. The summed E-state index contributed by atoms with van der Waals surface area (Å²) in [6, 6.07) is -3.27. The zero-order valence-corrected chi connectivity index (χ0v) is 29.8. The van der Waals surface area contributed by atoms with Crippen molar-refractivity contribution in [3.8, 4) is 0 Å². The molecule has 3 aliphatic carbocycles. The number of likely N-dealkylation sites (tertiary alicyclic amines) is 1. The number of fused-ring (bicyclic) bond motifs is 1. The van der Waals surface area contributed by atoms with Gasteiger partial charge in [-0.05, 0) is 61.7 Å². The quantitative estimate of drug-likeness (QED) is 0.205. The molecule has 0 aromatic rings. The van der Waals surface area contributed by atoms with Crippen LogP contribution in [0.15, 0.2) is 0 Å². The number of hydrogen-bond donors (Lipinski definition) is 4. The highest BCUT2D eigenvalue weighted by molar-refractivity contribution is 7.90. The molecule has 0 radical (unpaired) electrons. The second kappa shape index (κ2) is 15.2. The molecule has 4 aliphatic rings. The van der Waals surface area contributed by atoms with Gasteiger partial charge in [-0.25, -0.2) is 13.2 Å². The van der Waals surface area contributed by atoms with Crippen LogP contribution >= 0.6 is 0 Å². The first-order valence-corrected chi connectivity index (χ1v) is 19.9. The number of sulfone groups is 1. The average Bonchev–Trinajstić information content (AvgIpc) is 3.32. The summed E-state index contributed by atoms with van der Waals surface area (Å²) in [7, 11) is -3.38. The molecule has 3 saturated carbocycles. The minimum Gasteiger partial charge on any atom is -0.349 e. The van der Waals surface area contributed by atoms with Crippen molar-refractivity contribution in [1.29, 1.82) is 0 Å². The topological polar surface area (TPSA) is 171 Å². The number of Topliss-reactive ketones (excluding diaryl/α,β-unsaturated/α-hetero) is 1. The lowest BCUT2D eigenvalue weighted by molar-refractivity contribution is -0.144. The highest BCUT2D eigenvalue weighted by Crippen LogP contribution is 2.65. The van der Waals surface area contributed by atoms with E-state index in [2.05, 4.69) is 35.1 Å². The lowest BCUT2D eigenvalue weighted by Gasteiger charge is -2.40. The van der Waals surface area contributed by atoms with E-state index in [9.17, 15) is 32.4 Å². The molecule has 12 nitrogen and oxygen atoms in total. The van der Waals surface area contributed by atoms with Crippen LogP contribution in [-0.4, -0.2) is 91.6 Å². The highest BCUT2D eigenvalue weighted by atomic mass is 32.2. The van der Waals surface area contributed by atoms with Crippen molar-refractivity contribution in [2.75, 3.05) is 25.1 Å². The minimum atomic E-state index is -3.38. The van der Waals surface area contributed by atoms with Gasteiger partial charge < -0.3 is 26.2 Å². The average molecular weight is 680 g/mol. The van der Waals surface area contributed by atoms with Gasteiger partial charge in [0.1, 0.15) is 21.9 Å². The largest absolute Gasteiger partial charge is 0.349 e. The predicted molar refractivity (Wildman–Crippen MR) is 179 cm³/mol. The molecule has 266 valence electrons. The fourth-order valence-electron chi connectivity index (χ4n) is 8.59. The molecule has 5 amide bonds. The Morgan fingerprint density at radius 2 is 1.53 bits per heavy atom. The summed E-state index contributed by atoms with van der Waals surface area (Å²) < 4.78 is 24.7. The van der Waals surface area contributed by atoms with Gasteiger partial charge in [-0.15, -0.1) is 0 Å². The molecular weight excluding hydrogens is 622 g/mol. The standard InChI is InChI=1S/C34H57N5O7S/c1-6-14-24(28(40)30(42)35-19-7-2)36-29(41)27-25-23(33(25,3)4)20-39(27)31(43)26(22-15-10-8-11-16-22)37-32(44)38-34(21-47(5,45)46)17-12-9-13-18-34/h22-27H,6-21H2,1-5H3,(H,35,42)(H,36,41)(H2,37,38,44)/t23?,24?,25?,26-,27-/m0/s1. The fourth-order valence-corrected chi connectivity index (χ4v) is 9.96. The van der Waals surface area contributed by atoms with E-state index in [1.807, 2.05) is 13.8 Å². The molecule has 47 heavy (non-hydrogen) atoms. The highest BCUT2D eigenvalue weighted by Gasteiger charge is 2.69. The van der Waals surface area contributed by atoms with E-state index in [0.717, 1.165) is 51.4 Å². The summed E-state index contributed by atoms with van der Waals surface area (Å²) >= 11 is 0. The Morgan fingerprint density at radius 3 is 2.13 bits per heavy atom. The van der Waals surface area contributed by atoms with E-state index in [1.165, 1.54) is 6.26 Å². The summed E-state index contributed by atoms with van der Waals surface area (Å²) in [5, 5.41) is 11.4. The van der Waals surface area contributed by atoms with Crippen LogP contribution in [0.4, 0.5) is 4.79 Å². The SMILES string of the molecule is CCCNC(=O)C(=O)C(CCC)NC(=O)[C@@H]1C2C(CN1C(=O)[C@@H](NC(=O)NC1(CS(C)(=O)=O)CCCCC1)C1CCCCC1)C2(C)C. The molecule has 1 aliphatic heterocycles. The Bertz CT molecular complexity index is 1290. The maximum absolute atomic E-state index is 14.5. The number of nitrogens with one attached hydrogen (secondary N) is 4. The van der Waals surface area contributed by atoms with E-state index in [1.54, 1.807) is 4.90 Å². The van der Waals surface area contributed by atoms with Gasteiger partial charge in [0, 0.05) is 19.3 Å². The predicted octanol–water partition coefficient (Wildman–Crippen LogP) is 2.85. The molecule has 0 spiro atoms. The van der Waals surface area contributed by atoms with Crippen molar-refractivity contribution in [1.82, 2.24) is 26.2 Å². The van der Waals surface area contributed by atoms with Crippen molar-refractivity contribution >= 4 is 39.4 Å². The summed E-state index contributed by atoms with van der Waals surface area (Å²) in [4.78, 5) is 69.4. The van der Waals surface area contributed by atoms with E-state index >= 15 is 0 Å². The smallest absolute Gasteiger partial charge is 0.315 e. The molecule has 5 atom stereocenters. The number of rotatable bonds is 14. The van der Waals surface area contributed by atoms with Crippen molar-refractivity contribution in [3.05, 3.63) is 0 Å². The summed E-state index contributed by atoms with van der Waals surface area (Å²) in [5.41, 5.74) is -1.06. The molecule has 1 heterocycles. The molecule has 0 aromatic carbocycles. The van der Waals surface area contributed by atoms with Crippen molar-refractivity contribution < 1.29 is 32.4 Å². The van der Waals surface area contributed by atoms with E-state index < -0.39 is 57.1 Å². The zero-order valence-electron chi connectivity index (χ0n) is 29.0. The minimum absolute atomic E-state index is 0.0940. The van der Waals surface area contributed by atoms with Gasteiger partial charge >= 0.3 is 6.03 Å². The second-order valence-corrected chi connectivity index (χ2v) is 17.4. The van der Waals surface area contributed by atoms with Gasteiger partial charge in [-0.1, -0.05) is 72.6 Å². The van der Waals surface area contributed by atoms with Crippen LogP contribution in [0.2, 0.25) is 0 Å². The van der Waals surface area contributed by atoms with Crippen LogP contribution < -0.4 is 21.3 Å². The van der Waals surface area contributed by atoms with Gasteiger partial charge in [-0.2, -0.15) is 0 Å². The summed E-state index contributed by atoms with van der Waals surface area (Å²) in [6.07, 6.45) is 10.9. The maximum Gasteiger partial charge on any atom is 0.315 e. The van der Waals surface area contributed by atoms with Crippen molar-refractivity contribution in [2.45, 2.75) is 135 Å². The van der Waals surface area contributed by atoms with E-state index in [4.69, 9.17) is 0 Å². The number of urea groups is 1. The number of ketones is 1. The number of carbonyl (C=O) groups is 5. The van der Waals surface area contributed by atoms with Gasteiger partial charge in [0.05, 0.1) is 17.3 Å². The Kier molecular flexibility index (Phi) is 12.0. The molecular formula is C34H57N5O7S. The number of carbonyl (C=O) groups excluding carboxylic acids is 5.